The van der Waals surface area contributed by atoms with Gasteiger partial charge in [-0.15, -0.1) is 0 Å². The summed E-state index contributed by atoms with van der Waals surface area (Å²) in [5, 5.41) is 0. The Morgan fingerprint density at radius 2 is 1.95 bits per heavy atom. The van der Waals surface area contributed by atoms with Gasteiger partial charge in [0.25, 0.3) is 0 Å². The van der Waals surface area contributed by atoms with Gasteiger partial charge in [-0.05, 0) is 62.3 Å². The number of halogens is 1. The second-order valence-corrected chi connectivity index (χ2v) is 6.66. The number of aryl methyl sites for hydroxylation is 1. The standard InChI is InChI=1S/C17H27FN2/c1-10-6-11(2)14(5)20(9-10)17-7-12(3)16(18)8-15(17)13(4)19/h7-8,10-11,13-14H,6,9,19H2,1-5H3/t10?,11?,13-,14?/m1/s1. The van der Waals surface area contributed by atoms with E-state index in [0.29, 0.717) is 23.4 Å². The zero-order valence-electron chi connectivity index (χ0n) is 13.3. The molecule has 4 atom stereocenters. The fourth-order valence-corrected chi connectivity index (χ4v) is 3.33. The largest absolute Gasteiger partial charge is 0.368 e. The Morgan fingerprint density at radius 3 is 2.55 bits per heavy atom. The number of hydrogen-bond acceptors (Lipinski definition) is 2. The van der Waals surface area contributed by atoms with E-state index in [0.717, 1.165) is 17.8 Å². The van der Waals surface area contributed by atoms with E-state index in [-0.39, 0.29) is 11.9 Å². The molecule has 0 aromatic heterocycles. The Morgan fingerprint density at radius 1 is 1.30 bits per heavy atom. The van der Waals surface area contributed by atoms with Crippen molar-refractivity contribution in [2.24, 2.45) is 17.6 Å². The minimum absolute atomic E-state index is 0.153. The molecule has 0 bridgehead atoms. The molecule has 2 N–H and O–H groups in total. The van der Waals surface area contributed by atoms with Crippen molar-refractivity contribution in [3.63, 3.8) is 0 Å². The first-order valence-electron chi connectivity index (χ1n) is 7.63. The maximum Gasteiger partial charge on any atom is 0.126 e. The van der Waals surface area contributed by atoms with Gasteiger partial charge in [0.1, 0.15) is 5.82 Å². The van der Waals surface area contributed by atoms with Crippen molar-refractivity contribution in [2.45, 2.75) is 53.1 Å². The van der Waals surface area contributed by atoms with Crippen LogP contribution in [-0.4, -0.2) is 12.6 Å². The van der Waals surface area contributed by atoms with Gasteiger partial charge in [-0.25, -0.2) is 4.39 Å². The van der Waals surface area contributed by atoms with Crippen molar-refractivity contribution in [1.29, 1.82) is 0 Å². The molecule has 0 aliphatic carbocycles. The third-order valence-corrected chi connectivity index (χ3v) is 4.71. The summed E-state index contributed by atoms with van der Waals surface area (Å²) >= 11 is 0. The molecule has 1 aromatic rings. The minimum Gasteiger partial charge on any atom is -0.368 e. The van der Waals surface area contributed by atoms with Crippen LogP contribution in [-0.2, 0) is 0 Å². The average Bonchev–Trinajstić information content (AvgIpc) is 2.36. The van der Waals surface area contributed by atoms with Crippen LogP contribution >= 0.6 is 0 Å². The highest BCUT2D eigenvalue weighted by Gasteiger charge is 2.30. The van der Waals surface area contributed by atoms with Crippen LogP contribution in [0.15, 0.2) is 12.1 Å². The maximum atomic E-state index is 13.9. The molecule has 1 aromatic carbocycles. The topological polar surface area (TPSA) is 29.3 Å². The van der Waals surface area contributed by atoms with Gasteiger partial charge in [0.2, 0.25) is 0 Å². The second kappa shape index (κ2) is 5.72. The van der Waals surface area contributed by atoms with Crippen LogP contribution in [0.25, 0.3) is 0 Å². The lowest BCUT2D eigenvalue weighted by atomic mass is 9.85. The van der Waals surface area contributed by atoms with Gasteiger partial charge < -0.3 is 10.6 Å². The third kappa shape index (κ3) is 2.83. The van der Waals surface area contributed by atoms with E-state index in [1.165, 1.54) is 6.42 Å². The van der Waals surface area contributed by atoms with Crippen molar-refractivity contribution in [2.75, 3.05) is 11.4 Å². The predicted molar refractivity (Wildman–Crippen MR) is 83.5 cm³/mol. The zero-order valence-corrected chi connectivity index (χ0v) is 13.3. The van der Waals surface area contributed by atoms with Crippen LogP contribution in [0.5, 0.6) is 0 Å². The summed E-state index contributed by atoms with van der Waals surface area (Å²) < 4.78 is 13.9. The molecule has 20 heavy (non-hydrogen) atoms. The van der Waals surface area contributed by atoms with E-state index in [9.17, 15) is 4.39 Å². The minimum atomic E-state index is -0.160. The fraction of sp³-hybridized carbons (Fsp3) is 0.647. The van der Waals surface area contributed by atoms with Gasteiger partial charge in [0, 0.05) is 24.3 Å². The molecule has 3 heteroatoms. The highest BCUT2D eigenvalue weighted by Crippen LogP contribution is 2.36. The first-order valence-corrected chi connectivity index (χ1v) is 7.63. The number of rotatable bonds is 2. The number of anilines is 1. The van der Waals surface area contributed by atoms with E-state index >= 15 is 0 Å². The molecular formula is C17H27FN2. The highest BCUT2D eigenvalue weighted by molar-refractivity contribution is 5.58. The van der Waals surface area contributed by atoms with Crippen molar-refractivity contribution >= 4 is 5.69 Å². The number of nitrogens with zero attached hydrogens (tertiary/aromatic N) is 1. The normalized spacial score (nSPS) is 28.6. The smallest absolute Gasteiger partial charge is 0.126 e. The second-order valence-electron chi connectivity index (χ2n) is 6.66. The first-order chi connectivity index (χ1) is 9.31. The van der Waals surface area contributed by atoms with Crippen LogP contribution in [0.2, 0.25) is 0 Å². The Hall–Kier alpha value is -1.09. The molecule has 0 amide bonds. The first kappa shape index (κ1) is 15.3. The lowest BCUT2D eigenvalue weighted by molar-refractivity contribution is 0.296. The van der Waals surface area contributed by atoms with Gasteiger partial charge in [-0.1, -0.05) is 13.8 Å². The molecule has 1 fully saturated rings. The SMILES string of the molecule is Cc1cc(N2CC(C)CC(C)C2C)c([C@@H](C)N)cc1F. The summed E-state index contributed by atoms with van der Waals surface area (Å²) in [5.74, 6) is 1.14. The molecule has 0 radical (unpaired) electrons. The molecule has 112 valence electrons. The van der Waals surface area contributed by atoms with Crippen LogP contribution in [0.3, 0.4) is 0 Å². The summed E-state index contributed by atoms with van der Waals surface area (Å²) in [6.45, 7) is 11.6. The van der Waals surface area contributed by atoms with Crippen LogP contribution in [0.4, 0.5) is 10.1 Å². The molecule has 1 saturated heterocycles. The Balaban J connectivity index is 2.47. The molecule has 1 aliphatic rings. The zero-order chi connectivity index (χ0) is 15.0. The lowest BCUT2D eigenvalue weighted by Crippen LogP contribution is -2.46. The van der Waals surface area contributed by atoms with E-state index in [1.807, 2.05) is 19.9 Å². The van der Waals surface area contributed by atoms with Crippen molar-refractivity contribution in [3.05, 3.63) is 29.1 Å². The van der Waals surface area contributed by atoms with Crippen LogP contribution < -0.4 is 10.6 Å². The van der Waals surface area contributed by atoms with E-state index < -0.39 is 0 Å². The van der Waals surface area contributed by atoms with E-state index in [1.54, 1.807) is 6.07 Å². The van der Waals surface area contributed by atoms with Crippen molar-refractivity contribution in [1.82, 2.24) is 0 Å². The van der Waals surface area contributed by atoms with Gasteiger partial charge in [0.15, 0.2) is 0 Å². The van der Waals surface area contributed by atoms with Gasteiger partial charge in [0.05, 0.1) is 0 Å². The Labute approximate surface area is 122 Å². The number of nitrogens with two attached hydrogens (primary N) is 1. The molecular weight excluding hydrogens is 251 g/mol. The molecule has 2 nitrogen and oxygen atoms in total. The van der Waals surface area contributed by atoms with Crippen LogP contribution in [0, 0.1) is 24.6 Å². The molecule has 2 rings (SSSR count). The van der Waals surface area contributed by atoms with Crippen LogP contribution in [0.1, 0.15) is 51.3 Å². The number of hydrogen-bond donors (Lipinski definition) is 1. The fourth-order valence-electron chi connectivity index (χ4n) is 3.33. The lowest BCUT2D eigenvalue weighted by Gasteiger charge is -2.44. The molecule has 1 heterocycles. The number of piperidine rings is 1. The third-order valence-electron chi connectivity index (χ3n) is 4.71. The van der Waals surface area contributed by atoms with Crippen molar-refractivity contribution in [3.8, 4) is 0 Å². The summed E-state index contributed by atoms with van der Waals surface area (Å²) in [6.07, 6.45) is 1.26. The summed E-state index contributed by atoms with van der Waals surface area (Å²) in [7, 11) is 0. The quantitative estimate of drug-likeness (QED) is 0.885. The van der Waals surface area contributed by atoms with Crippen molar-refractivity contribution < 1.29 is 4.39 Å². The molecule has 3 unspecified atom stereocenters. The molecule has 0 saturated carbocycles. The van der Waals surface area contributed by atoms with Gasteiger partial charge in [-0.3, -0.25) is 0 Å². The predicted octanol–water partition coefficient (Wildman–Crippen LogP) is 4.02. The summed E-state index contributed by atoms with van der Waals surface area (Å²) in [6, 6.07) is 3.90. The average molecular weight is 278 g/mol. The maximum absolute atomic E-state index is 13.9. The Kier molecular flexibility index (Phi) is 4.38. The van der Waals surface area contributed by atoms with Gasteiger partial charge >= 0.3 is 0 Å². The van der Waals surface area contributed by atoms with Gasteiger partial charge in [-0.2, -0.15) is 0 Å². The Bertz CT molecular complexity index is 484. The summed E-state index contributed by atoms with van der Waals surface area (Å²) in [5.41, 5.74) is 8.79. The summed E-state index contributed by atoms with van der Waals surface area (Å²) in [4.78, 5) is 2.42. The number of benzene rings is 1. The van der Waals surface area contributed by atoms with E-state index in [2.05, 4.69) is 25.7 Å². The van der Waals surface area contributed by atoms with E-state index in [4.69, 9.17) is 5.73 Å². The highest BCUT2D eigenvalue weighted by atomic mass is 19.1. The molecule has 1 aliphatic heterocycles. The monoisotopic (exact) mass is 278 g/mol. The molecule has 0 spiro atoms.